The van der Waals surface area contributed by atoms with E-state index < -0.39 is 0 Å². The van der Waals surface area contributed by atoms with Crippen LogP contribution in [0.2, 0.25) is 0 Å². The van der Waals surface area contributed by atoms with Crippen molar-refractivity contribution in [2.24, 2.45) is 4.99 Å². The molecule has 2 rings (SSSR count). The molecule has 3 N–H and O–H groups in total. The van der Waals surface area contributed by atoms with E-state index in [0.29, 0.717) is 12.5 Å². The van der Waals surface area contributed by atoms with E-state index >= 15 is 0 Å². The number of aliphatic imine (C=N–C) groups is 1. The van der Waals surface area contributed by atoms with Gasteiger partial charge >= 0.3 is 0 Å². The lowest BCUT2D eigenvalue weighted by atomic mass is 10.1. The Morgan fingerprint density at radius 1 is 1.11 bits per heavy atom. The smallest absolute Gasteiger partial charge is 0.243 e. The topological polar surface area (TPSA) is 74.8 Å². The number of guanidine groups is 1. The molecule has 6 nitrogen and oxygen atoms in total. The second kappa shape index (κ2) is 10.7. The quantitative estimate of drug-likeness (QED) is 0.449. The number of amides is 1. The number of ether oxygens (including phenoxy) is 1. The van der Waals surface area contributed by atoms with Gasteiger partial charge in [0.25, 0.3) is 0 Å². The van der Waals surface area contributed by atoms with Crippen LogP contribution in [0.3, 0.4) is 0 Å². The van der Waals surface area contributed by atoms with Gasteiger partial charge in [-0.25, -0.2) is 0 Å². The van der Waals surface area contributed by atoms with Gasteiger partial charge in [-0.05, 0) is 55.2 Å². The lowest BCUT2D eigenvalue weighted by molar-refractivity contribution is -0.115. The van der Waals surface area contributed by atoms with Gasteiger partial charge in [0, 0.05) is 23.8 Å². The van der Waals surface area contributed by atoms with Gasteiger partial charge in [0.05, 0.1) is 13.7 Å². The number of methoxy groups -OCH3 is 1. The molecule has 0 aliphatic heterocycles. The van der Waals surface area contributed by atoms with Gasteiger partial charge in [0.2, 0.25) is 5.91 Å². The molecule has 150 valence electrons. The van der Waals surface area contributed by atoms with Crippen molar-refractivity contribution in [1.82, 2.24) is 10.6 Å². The highest BCUT2D eigenvalue weighted by molar-refractivity contribution is 9.10. The van der Waals surface area contributed by atoms with Crippen LogP contribution in [0.5, 0.6) is 5.75 Å². The second-order valence-electron chi connectivity index (χ2n) is 6.41. The van der Waals surface area contributed by atoms with Crippen LogP contribution in [0.15, 0.2) is 45.9 Å². The summed E-state index contributed by atoms with van der Waals surface area (Å²) in [5.41, 5.74) is 4.08. The van der Waals surface area contributed by atoms with E-state index in [-0.39, 0.29) is 12.5 Å². The van der Waals surface area contributed by atoms with Crippen LogP contribution in [-0.4, -0.2) is 39.1 Å². The predicted molar refractivity (Wildman–Crippen MR) is 118 cm³/mol. The summed E-state index contributed by atoms with van der Waals surface area (Å²) in [5.74, 6) is 1.34. The summed E-state index contributed by atoms with van der Waals surface area (Å²) in [6, 6.07) is 12.0. The maximum Gasteiger partial charge on any atom is 0.243 e. The van der Waals surface area contributed by atoms with Crippen LogP contribution in [0, 0.1) is 13.8 Å². The monoisotopic (exact) mass is 446 g/mol. The summed E-state index contributed by atoms with van der Waals surface area (Å²) >= 11 is 3.42. The van der Waals surface area contributed by atoms with Crippen molar-refractivity contribution in [3.8, 4) is 5.75 Å². The number of anilines is 1. The first-order valence-corrected chi connectivity index (χ1v) is 9.86. The number of hydrogen-bond acceptors (Lipinski definition) is 3. The van der Waals surface area contributed by atoms with Crippen LogP contribution >= 0.6 is 15.9 Å². The van der Waals surface area contributed by atoms with Gasteiger partial charge in [0.1, 0.15) is 5.75 Å². The first-order valence-electron chi connectivity index (χ1n) is 9.07. The predicted octanol–water partition coefficient (Wildman–Crippen LogP) is 3.42. The van der Waals surface area contributed by atoms with Crippen LogP contribution in [-0.2, 0) is 11.2 Å². The normalized spacial score (nSPS) is 11.1. The zero-order valence-corrected chi connectivity index (χ0v) is 18.3. The Morgan fingerprint density at radius 2 is 1.86 bits per heavy atom. The highest BCUT2D eigenvalue weighted by Gasteiger charge is 2.07. The molecule has 2 aromatic rings. The maximum absolute atomic E-state index is 12.2. The van der Waals surface area contributed by atoms with Gasteiger partial charge in [-0.1, -0.05) is 34.1 Å². The van der Waals surface area contributed by atoms with Crippen LogP contribution in [0.25, 0.3) is 0 Å². The summed E-state index contributed by atoms with van der Waals surface area (Å²) in [6.07, 6.45) is 0.820. The molecule has 0 aliphatic carbocycles. The van der Waals surface area contributed by atoms with Crippen LogP contribution in [0.4, 0.5) is 5.69 Å². The number of aryl methyl sites for hydroxylation is 2. The van der Waals surface area contributed by atoms with Crippen molar-refractivity contribution in [3.05, 3.63) is 57.6 Å². The largest absolute Gasteiger partial charge is 0.496 e. The molecule has 0 bridgehead atoms. The standard InChI is InChI=1S/C21H27BrN4O2/c1-14-6-8-17(22)12-18(14)26-20(27)13-25-21(23-3)24-10-9-16-7-5-15(2)19(11-16)28-4/h5-8,11-12H,9-10,13H2,1-4H3,(H,26,27)(H2,23,24,25). The van der Waals surface area contributed by atoms with Crippen molar-refractivity contribution in [3.63, 3.8) is 0 Å². The van der Waals surface area contributed by atoms with E-state index in [4.69, 9.17) is 4.74 Å². The number of rotatable bonds is 7. The molecule has 0 spiro atoms. The fourth-order valence-electron chi connectivity index (χ4n) is 2.65. The SMILES string of the molecule is CN=C(NCCc1ccc(C)c(OC)c1)NCC(=O)Nc1cc(Br)ccc1C. The molecule has 0 heterocycles. The number of hydrogen-bond donors (Lipinski definition) is 3. The zero-order chi connectivity index (χ0) is 20.5. The van der Waals surface area contributed by atoms with Gasteiger partial charge in [0.15, 0.2) is 5.96 Å². The summed E-state index contributed by atoms with van der Waals surface area (Å²) in [5, 5.41) is 9.15. The summed E-state index contributed by atoms with van der Waals surface area (Å²) in [6.45, 7) is 4.80. The van der Waals surface area contributed by atoms with Crippen LogP contribution < -0.4 is 20.7 Å². The molecule has 0 atom stereocenters. The van der Waals surface area contributed by atoms with E-state index in [9.17, 15) is 4.79 Å². The molecule has 7 heteroatoms. The number of halogens is 1. The molecule has 0 saturated carbocycles. The lowest BCUT2D eigenvalue weighted by Gasteiger charge is -2.13. The Kier molecular flexibility index (Phi) is 8.32. The molecule has 0 radical (unpaired) electrons. The van der Waals surface area contributed by atoms with Crippen molar-refractivity contribution >= 4 is 33.5 Å². The van der Waals surface area contributed by atoms with E-state index in [1.165, 1.54) is 5.56 Å². The molecule has 28 heavy (non-hydrogen) atoms. The molecule has 1 amide bonds. The summed E-state index contributed by atoms with van der Waals surface area (Å²) in [7, 11) is 3.36. The molecule has 0 aliphatic rings. The van der Waals surface area contributed by atoms with Gasteiger partial charge in [-0.3, -0.25) is 9.79 Å². The average molecular weight is 447 g/mol. The third-order valence-corrected chi connectivity index (χ3v) is 4.79. The fourth-order valence-corrected chi connectivity index (χ4v) is 3.01. The fraction of sp³-hybridized carbons (Fsp3) is 0.333. The van der Waals surface area contributed by atoms with Gasteiger partial charge < -0.3 is 20.7 Å². The molecule has 0 aromatic heterocycles. The molecule has 0 fully saturated rings. The Bertz CT molecular complexity index is 852. The minimum absolute atomic E-state index is 0.129. The zero-order valence-electron chi connectivity index (χ0n) is 16.7. The maximum atomic E-state index is 12.2. The van der Waals surface area contributed by atoms with E-state index in [0.717, 1.165) is 33.5 Å². The molecule has 2 aromatic carbocycles. The van der Waals surface area contributed by atoms with E-state index in [1.54, 1.807) is 14.2 Å². The number of nitrogens with one attached hydrogen (secondary N) is 3. The first-order chi connectivity index (χ1) is 13.4. The first kappa shape index (κ1) is 21.8. The summed E-state index contributed by atoms with van der Waals surface area (Å²) < 4.78 is 6.28. The number of carbonyl (C=O) groups excluding carboxylic acids is 1. The van der Waals surface area contributed by atoms with Crippen LogP contribution in [0.1, 0.15) is 16.7 Å². The molecule has 0 saturated heterocycles. The minimum atomic E-state index is -0.132. The average Bonchev–Trinajstić information content (AvgIpc) is 2.68. The summed E-state index contributed by atoms with van der Waals surface area (Å²) in [4.78, 5) is 16.4. The highest BCUT2D eigenvalue weighted by atomic mass is 79.9. The Morgan fingerprint density at radius 3 is 2.57 bits per heavy atom. The Balaban J connectivity index is 1.79. The molecule has 0 unspecified atom stereocenters. The Labute approximate surface area is 174 Å². The third-order valence-electron chi connectivity index (χ3n) is 4.29. The van der Waals surface area contributed by atoms with Crippen molar-refractivity contribution in [2.75, 3.05) is 32.6 Å². The molecular formula is C21H27BrN4O2. The minimum Gasteiger partial charge on any atom is -0.496 e. The molecular weight excluding hydrogens is 420 g/mol. The number of benzene rings is 2. The number of nitrogens with zero attached hydrogens (tertiary/aromatic N) is 1. The van der Waals surface area contributed by atoms with E-state index in [1.807, 2.05) is 38.1 Å². The third kappa shape index (κ3) is 6.56. The van der Waals surface area contributed by atoms with Crippen molar-refractivity contribution < 1.29 is 9.53 Å². The van der Waals surface area contributed by atoms with E-state index in [2.05, 4.69) is 49.0 Å². The van der Waals surface area contributed by atoms with Gasteiger partial charge in [-0.2, -0.15) is 0 Å². The number of carbonyl (C=O) groups is 1. The second-order valence-corrected chi connectivity index (χ2v) is 7.33. The van der Waals surface area contributed by atoms with Crippen molar-refractivity contribution in [2.45, 2.75) is 20.3 Å². The Hall–Kier alpha value is -2.54. The van der Waals surface area contributed by atoms with Gasteiger partial charge in [-0.15, -0.1) is 0 Å². The highest BCUT2D eigenvalue weighted by Crippen LogP contribution is 2.20. The van der Waals surface area contributed by atoms with Crippen molar-refractivity contribution in [1.29, 1.82) is 0 Å². The lowest BCUT2D eigenvalue weighted by Crippen LogP contribution is -2.42.